The average molecular weight is 142 g/mol. The maximum atomic E-state index is 10.4. The summed E-state index contributed by atoms with van der Waals surface area (Å²) in [7, 11) is 0. The Kier molecular flexibility index (Phi) is 0.944. The first-order valence-corrected chi connectivity index (χ1v) is 3.63. The molecular formula is C7H10O3. The van der Waals surface area contributed by atoms with Gasteiger partial charge in [0.05, 0.1) is 0 Å². The van der Waals surface area contributed by atoms with Crippen molar-refractivity contribution in [3.63, 3.8) is 0 Å². The van der Waals surface area contributed by atoms with Crippen LogP contribution >= 0.6 is 0 Å². The third-order valence-electron chi connectivity index (χ3n) is 2.88. The molecule has 3 nitrogen and oxygen atoms in total. The minimum Gasteiger partial charge on any atom is -0.479 e. The second kappa shape index (κ2) is 1.53. The van der Waals surface area contributed by atoms with Crippen LogP contribution < -0.4 is 0 Å². The lowest BCUT2D eigenvalue weighted by Gasteiger charge is -2.06. The Hall–Kier alpha value is -0.570. The highest BCUT2D eigenvalue weighted by atomic mass is 16.4. The summed E-state index contributed by atoms with van der Waals surface area (Å²) in [5.74, 6) is -0.878. The molecule has 2 aliphatic rings. The SMILES string of the molecule is O=C(O)C1(O)[C@@H]2CCC[C@@H]21. The molecular weight excluding hydrogens is 132 g/mol. The normalized spacial score (nSPS) is 50.5. The number of hydrogen-bond acceptors (Lipinski definition) is 2. The molecule has 0 aliphatic heterocycles. The van der Waals surface area contributed by atoms with Gasteiger partial charge in [-0.15, -0.1) is 0 Å². The smallest absolute Gasteiger partial charge is 0.336 e. The Bertz CT molecular complexity index is 177. The summed E-state index contributed by atoms with van der Waals surface area (Å²) < 4.78 is 0. The number of aliphatic carboxylic acids is 1. The lowest BCUT2D eigenvalue weighted by molar-refractivity contribution is -0.151. The fourth-order valence-corrected chi connectivity index (χ4v) is 2.24. The van der Waals surface area contributed by atoms with Crippen molar-refractivity contribution in [2.45, 2.75) is 24.9 Å². The molecule has 2 rings (SSSR count). The van der Waals surface area contributed by atoms with Crippen LogP contribution in [-0.2, 0) is 4.79 Å². The van der Waals surface area contributed by atoms with Gasteiger partial charge >= 0.3 is 5.97 Å². The molecule has 3 heteroatoms. The lowest BCUT2D eigenvalue weighted by Crippen LogP contribution is -2.27. The molecule has 0 heterocycles. The van der Waals surface area contributed by atoms with Crippen molar-refractivity contribution in [3.8, 4) is 0 Å². The van der Waals surface area contributed by atoms with Gasteiger partial charge < -0.3 is 10.2 Å². The zero-order valence-electron chi connectivity index (χ0n) is 5.58. The van der Waals surface area contributed by atoms with Crippen LogP contribution in [0.25, 0.3) is 0 Å². The summed E-state index contributed by atoms with van der Waals surface area (Å²) in [6, 6.07) is 0. The largest absolute Gasteiger partial charge is 0.479 e. The summed E-state index contributed by atoms with van der Waals surface area (Å²) in [4.78, 5) is 10.4. The number of carboxylic acid groups (broad SMARTS) is 1. The number of aliphatic hydroxyl groups is 1. The molecule has 0 saturated heterocycles. The predicted molar refractivity (Wildman–Crippen MR) is 33.4 cm³/mol. The highest BCUT2D eigenvalue weighted by molar-refractivity contribution is 5.82. The molecule has 10 heavy (non-hydrogen) atoms. The van der Waals surface area contributed by atoms with Crippen LogP contribution in [0.2, 0.25) is 0 Å². The maximum absolute atomic E-state index is 10.4. The number of carboxylic acids is 1. The molecule has 0 amide bonds. The predicted octanol–water partition coefficient (Wildman–Crippen LogP) is 0.232. The molecule has 1 unspecified atom stereocenters. The van der Waals surface area contributed by atoms with Crippen molar-refractivity contribution in [3.05, 3.63) is 0 Å². The highest BCUT2D eigenvalue weighted by Crippen LogP contribution is 2.60. The van der Waals surface area contributed by atoms with E-state index in [1.807, 2.05) is 0 Å². The van der Waals surface area contributed by atoms with E-state index in [-0.39, 0.29) is 11.8 Å². The molecule has 2 saturated carbocycles. The minimum atomic E-state index is -1.32. The van der Waals surface area contributed by atoms with Gasteiger partial charge in [0.1, 0.15) is 0 Å². The van der Waals surface area contributed by atoms with Crippen LogP contribution in [0.4, 0.5) is 0 Å². The number of carbonyl (C=O) groups is 1. The molecule has 0 aromatic heterocycles. The fourth-order valence-electron chi connectivity index (χ4n) is 2.24. The van der Waals surface area contributed by atoms with Crippen molar-refractivity contribution in [2.24, 2.45) is 11.8 Å². The minimum absolute atomic E-state index is 0.0741. The van der Waals surface area contributed by atoms with E-state index in [0.717, 1.165) is 19.3 Å². The van der Waals surface area contributed by atoms with Crippen LogP contribution in [-0.4, -0.2) is 21.8 Å². The van der Waals surface area contributed by atoms with Crippen LogP contribution in [0.5, 0.6) is 0 Å². The zero-order valence-corrected chi connectivity index (χ0v) is 5.58. The van der Waals surface area contributed by atoms with Gasteiger partial charge in [0.25, 0.3) is 0 Å². The summed E-state index contributed by atoms with van der Waals surface area (Å²) >= 11 is 0. The van der Waals surface area contributed by atoms with Crippen LogP contribution in [0.3, 0.4) is 0 Å². The fraction of sp³-hybridized carbons (Fsp3) is 0.857. The van der Waals surface area contributed by atoms with E-state index in [9.17, 15) is 9.90 Å². The Morgan fingerprint density at radius 3 is 2.20 bits per heavy atom. The van der Waals surface area contributed by atoms with Crippen molar-refractivity contribution < 1.29 is 15.0 Å². The maximum Gasteiger partial charge on any atom is 0.336 e. The molecule has 2 fully saturated rings. The van der Waals surface area contributed by atoms with Gasteiger partial charge in [0.2, 0.25) is 0 Å². The summed E-state index contributed by atoms with van der Waals surface area (Å²) in [5.41, 5.74) is -1.32. The van der Waals surface area contributed by atoms with E-state index in [4.69, 9.17) is 5.11 Å². The molecule has 0 bridgehead atoms. The van der Waals surface area contributed by atoms with E-state index in [2.05, 4.69) is 0 Å². The van der Waals surface area contributed by atoms with Gasteiger partial charge in [-0.05, 0) is 12.8 Å². The first-order chi connectivity index (χ1) is 4.67. The third-order valence-corrected chi connectivity index (χ3v) is 2.88. The van der Waals surface area contributed by atoms with Crippen molar-refractivity contribution in [1.29, 1.82) is 0 Å². The standard InChI is InChI=1S/C7H10O3/c8-6(9)7(10)4-2-1-3-5(4)7/h4-5,10H,1-3H2,(H,8,9)/t4-,5+,7?. The Morgan fingerprint density at radius 2 is 1.90 bits per heavy atom. The molecule has 56 valence electrons. The first-order valence-electron chi connectivity index (χ1n) is 3.63. The summed E-state index contributed by atoms with van der Waals surface area (Å²) in [6.07, 6.45) is 2.88. The van der Waals surface area contributed by atoms with Gasteiger partial charge in [-0.2, -0.15) is 0 Å². The van der Waals surface area contributed by atoms with Gasteiger partial charge in [-0.1, -0.05) is 6.42 Å². The van der Waals surface area contributed by atoms with Gasteiger partial charge in [-0.3, -0.25) is 0 Å². The van der Waals surface area contributed by atoms with Crippen LogP contribution in [0.1, 0.15) is 19.3 Å². The second-order valence-corrected chi connectivity index (χ2v) is 3.27. The van der Waals surface area contributed by atoms with E-state index in [1.165, 1.54) is 0 Å². The first kappa shape index (κ1) is 6.16. The Labute approximate surface area is 58.7 Å². The number of fused-ring (bicyclic) bond motifs is 1. The summed E-state index contributed by atoms with van der Waals surface area (Å²) in [5, 5.41) is 18.0. The van der Waals surface area contributed by atoms with E-state index in [1.54, 1.807) is 0 Å². The summed E-state index contributed by atoms with van der Waals surface area (Å²) in [6.45, 7) is 0. The molecule has 0 spiro atoms. The van der Waals surface area contributed by atoms with E-state index >= 15 is 0 Å². The monoisotopic (exact) mass is 142 g/mol. The topological polar surface area (TPSA) is 57.5 Å². The van der Waals surface area contributed by atoms with E-state index < -0.39 is 11.6 Å². The number of hydrogen-bond donors (Lipinski definition) is 2. The molecule has 0 aromatic rings. The Balaban J connectivity index is 2.17. The van der Waals surface area contributed by atoms with Crippen LogP contribution in [0.15, 0.2) is 0 Å². The van der Waals surface area contributed by atoms with Gasteiger partial charge in [0, 0.05) is 11.8 Å². The molecule has 0 radical (unpaired) electrons. The molecule has 2 aliphatic carbocycles. The molecule has 2 N–H and O–H groups in total. The van der Waals surface area contributed by atoms with Crippen LogP contribution in [0, 0.1) is 11.8 Å². The quantitative estimate of drug-likeness (QED) is 0.551. The molecule has 3 atom stereocenters. The second-order valence-electron chi connectivity index (χ2n) is 3.27. The van der Waals surface area contributed by atoms with E-state index in [0.29, 0.717) is 0 Å². The zero-order chi connectivity index (χ0) is 7.35. The van der Waals surface area contributed by atoms with Gasteiger partial charge in [-0.25, -0.2) is 4.79 Å². The van der Waals surface area contributed by atoms with Crippen molar-refractivity contribution in [1.82, 2.24) is 0 Å². The van der Waals surface area contributed by atoms with Gasteiger partial charge in [0.15, 0.2) is 5.60 Å². The Morgan fingerprint density at radius 1 is 1.40 bits per heavy atom. The molecule has 0 aromatic carbocycles. The number of rotatable bonds is 1. The van der Waals surface area contributed by atoms with Crippen molar-refractivity contribution in [2.75, 3.05) is 0 Å². The highest BCUT2D eigenvalue weighted by Gasteiger charge is 2.70. The average Bonchev–Trinajstić information content (AvgIpc) is 2.28. The third kappa shape index (κ3) is 0.475. The van der Waals surface area contributed by atoms with Crippen molar-refractivity contribution >= 4 is 5.97 Å². The lowest BCUT2D eigenvalue weighted by atomic mass is 10.1.